The van der Waals surface area contributed by atoms with Crippen LogP contribution in [0.4, 0.5) is 5.82 Å². The highest BCUT2D eigenvalue weighted by Gasteiger charge is 2.25. The van der Waals surface area contributed by atoms with Crippen molar-refractivity contribution in [2.45, 2.75) is 25.7 Å². The molecule has 0 saturated carbocycles. The molecule has 1 aliphatic rings. The van der Waals surface area contributed by atoms with Crippen LogP contribution in [0.3, 0.4) is 0 Å². The van der Waals surface area contributed by atoms with Gasteiger partial charge in [-0.25, -0.2) is 4.98 Å². The third-order valence-corrected chi connectivity index (χ3v) is 3.67. The molecule has 0 saturated heterocycles. The summed E-state index contributed by atoms with van der Waals surface area (Å²) in [5.74, 6) is 1.18. The van der Waals surface area contributed by atoms with Gasteiger partial charge in [-0.2, -0.15) is 0 Å². The number of nitrogens with zero attached hydrogens (tertiary/aromatic N) is 1. The summed E-state index contributed by atoms with van der Waals surface area (Å²) in [6.07, 6.45) is 2.00. The SMILES string of the molecule is Cc1c(N)nc(C2CCc3ccccc32)[nH]c1=O. The molecule has 0 amide bonds. The Bertz CT molecular complexity index is 660. The van der Waals surface area contributed by atoms with Crippen molar-refractivity contribution in [3.05, 3.63) is 57.1 Å². The highest BCUT2D eigenvalue weighted by molar-refractivity contribution is 5.42. The maximum Gasteiger partial charge on any atom is 0.255 e. The van der Waals surface area contributed by atoms with E-state index in [1.54, 1.807) is 6.92 Å². The van der Waals surface area contributed by atoms with E-state index in [1.165, 1.54) is 11.1 Å². The number of nitrogen functional groups attached to an aromatic ring is 1. The Labute approximate surface area is 105 Å². The Balaban J connectivity index is 2.11. The molecule has 1 aromatic carbocycles. The summed E-state index contributed by atoms with van der Waals surface area (Å²) in [6.45, 7) is 1.69. The number of hydrogen-bond donors (Lipinski definition) is 2. The van der Waals surface area contributed by atoms with Crippen molar-refractivity contribution in [3.8, 4) is 0 Å². The second-order valence-electron chi connectivity index (χ2n) is 4.75. The lowest BCUT2D eigenvalue weighted by Crippen LogP contribution is -2.19. The lowest BCUT2D eigenvalue weighted by Gasteiger charge is -2.11. The van der Waals surface area contributed by atoms with Crippen molar-refractivity contribution in [2.75, 3.05) is 5.73 Å². The number of rotatable bonds is 1. The van der Waals surface area contributed by atoms with Gasteiger partial charge < -0.3 is 10.7 Å². The number of benzene rings is 1. The lowest BCUT2D eigenvalue weighted by molar-refractivity contribution is 0.723. The molecule has 3 rings (SSSR count). The number of H-pyrrole nitrogens is 1. The van der Waals surface area contributed by atoms with Crippen molar-refractivity contribution in [1.82, 2.24) is 9.97 Å². The number of anilines is 1. The van der Waals surface area contributed by atoms with Gasteiger partial charge in [-0.15, -0.1) is 0 Å². The molecule has 4 nitrogen and oxygen atoms in total. The summed E-state index contributed by atoms with van der Waals surface area (Å²) >= 11 is 0. The number of nitrogens with one attached hydrogen (secondary N) is 1. The van der Waals surface area contributed by atoms with Gasteiger partial charge in [0.25, 0.3) is 5.56 Å². The first kappa shape index (κ1) is 11.0. The van der Waals surface area contributed by atoms with E-state index >= 15 is 0 Å². The van der Waals surface area contributed by atoms with Crippen molar-refractivity contribution in [2.24, 2.45) is 0 Å². The second-order valence-corrected chi connectivity index (χ2v) is 4.75. The molecule has 0 radical (unpaired) electrons. The molecule has 3 N–H and O–H groups in total. The van der Waals surface area contributed by atoms with Crippen molar-refractivity contribution in [3.63, 3.8) is 0 Å². The largest absolute Gasteiger partial charge is 0.383 e. The Kier molecular flexibility index (Phi) is 2.44. The van der Waals surface area contributed by atoms with Crippen molar-refractivity contribution >= 4 is 5.82 Å². The van der Waals surface area contributed by atoms with Crippen LogP contribution in [0.25, 0.3) is 0 Å². The molecule has 1 unspecified atom stereocenters. The minimum atomic E-state index is -0.137. The maximum absolute atomic E-state index is 11.8. The molecule has 2 aromatic rings. The average Bonchev–Trinajstić information content (AvgIpc) is 2.79. The van der Waals surface area contributed by atoms with Crippen LogP contribution >= 0.6 is 0 Å². The van der Waals surface area contributed by atoms with Crippen LogP contribution in [0.5, 0.6) is 0 Å². The van der Waals surface area contributed by atoms with Crippen LogP contribution < -0.4 is 11.3 Å². The second kappa shape index (κ2) is 3.98. The topological polar surface area (TPSA) is 71.8 Å². The van der Waals surface area contributed by atoms with E-state index in [9.17, 15) is 4.79 Å². The zero-order valence-corrected chi connectivity index (χ0v) is 10.2. The fraction of sp³-hybridized carbons (Fsp3) is 0.286. The van der Waals surface area contributed by atoms with E-state index in [4.69, 9.17) is 5.73 Å². The van der Waals surface area contributed by atoms with Crippen LogP contribution in [0.1, 0.15) is 34.9 Å². The number of hydrogen-bond acceptors (Lipinski definition) is 3. The van der Waals surface area contributed by atoms with E-state index in [1.807, 2.05) is 12.1 Å². The van der Waals surface area contributed by atoms with Gasteiger partial charge >= 0.3 is 0 Å². The molecule has 0 bridgehead atoms. The summed E-state index contributed by atoms with van der Waals surface area (Å²) in [5.41, 5.74) is 8.72. The predicted molar refractivity (Wildman–Crippen MR) is 70.6 cm³/mol. The van der Waals surface area contributed by atoms with Gasteiger partial charge in [0.05, 0.1) is 5.56 Å². The Hall–Kier alpha value is -2.10. The zero-order valence-electron chi connectivity index (χ0n) is 10.2. The molecule has 92 valence electrons. The number of fused-ring (bicyclic) bond motifs is 1. The number of aryl methyl sites for hydroxylation is 1. The highest BCUT2D eigenvalue weighted by atomic mass is 16.1. The maximum atomic E-state index is 11.8. The average molecular weight is 241 g/mol. The van der Waals surface area contributed by atoms with Crippen molar-refractivity contribution < 1.29 is 0 Å². The van der Waals surface area contributed by atoms with Gasteiger partial charge in [0.2, 0.25) is 0 Å². The van der Waals surface area contributed by atoms with Gasteiger partial charge in [0.15, 0.2) is 0 Å². The van der Waals surface area contributed by atoms with Gasteiger partial charge in [0.1, 0.15) is 11.6 Å². The van der Waals surface area contributed by atoms with Gasteiger partial charge in [-0.3, -0.25) is 4.79 Å². The van der Waals surface area contributed by atoms with E-state index in [0.717, 1.165) is 12.8 Å². The quantitative estimate of drug-likeness (QED) is 0.798. The standard InChI is InChI=1S/C14H15N3O/c1-8-12(15)16-13(17-14(8)18)11-7-6-9-4-2-3-5-10(9)11/h2-5,11H,6-7H2,1H3,(H3,15,16,17,18). The van der Waals surface area contributed by atoms with E-state index in [0.29, 0.717) is 17.2 Å². The van der Waals surface area contributed by atoms with Crippen LogP contribution in [-0.4, -0.2) is 9.97 Å². The van der Waals surface area contributed by atoms with Crippen LogP contribution in [-0.2, 0) is 6.42 Å². The Morgan fingerprint density at radius 2 is 2.17 bits per heavy atom. The summed E-state index contributed by atoms with van der Waals surface area (Å²) in [7, 11) is 0. The monoisotopic (exact) mass is 241 g/mol. The van der Waals surface area contributed by atoms with Crippen LogP contribution in [0, 0.1) is 6.92 Å². The molecule has 1 aliphatic carbocycles. The van der Waals surface area contributed by atoms with E-state index < -0.39 is 0 Å². The number of nitrogens with two attached hydrogens (primary N) is 1. The van der Waals surface area contributed by atoms with E-state index in [2.05, 4.69) is 22.1 Å². The highest BCUT2D eigenvalue weighted by Crippen LogP contribution is 2.36. The predicted octanol–water partition coefficient (Wildman–Crippen LogP) is 1.74. The van der Waals surface area contributed by atoms with Crippen LogP contribution in [0.2, 0.25) is 0 Å². The van der Waals surface area contributed by atoms with E-state index in [-0.39, 0.29) is 11.5 Å². The number of aromatic amines is 1. The molecule has 1 heterocycles. The van der Waals surface area contributed by atoms with Gasteiger partial charge in [0, 0.05) is 5.92 Å². The lowest BCUT2D eigenvalue weighted by atomic mass is 10.0. The first-order valence-electron chi connectivity index (χ1n) is 6.11. The third kappa shape index (κ3) is 1.61. The van der Waals surface area contributed by atoms with Gasteiger partial charge in [-0.05, 0) is 30.9 Å². The zero-order chi connectivity index (χ0) is 12.7. The third-order valence-electron chi connectivity index (χ3n) is 3.67. The molecule has 0 spiro atoms. The minimum absolute atomic E-state index is 0.137. The summed E-state index contributed by atoms with van der Waals surface area (Å²) < 4.78 is 0. The summed E-state index contributed by atoms with van der Waals surface area (Å²) in [5, 5.41) is 0. The fourth-order valence-corrected chi connectivity index (χ4v) is 2.57. The molecule has 1 atom stereocenters. The first-order valence-corrected chi connectivity index (χ1v) is 6.11. The normalized spacial score (nSPS) is 17.7. The van der Waals surface area contributed by atoms with Crippen LogP contribution in [0.15, 0.2) is 29.1 Å². The minimum Gasteiger partial charge on any atom is -0.383 e. The smallest absolute Gasteiger partial charge is 0.255 e. The Morgan fingerprint density at radius 3 is 2.94 bits per heavy atom. The molecule has 18 heavy (non-hydrogen) atoms. The number of aromatic nitrogens is 2. The molecule has 4 heteroatoms. The molecule has 0 fully saturated rings. The molecular formula is C14H15N3O. The molecule has 1 aromatic heterocycles. The van der Waals surface area contributed by atoms with Crippen molar-refractivity contribution in [1.29, 1.82) is 0 Å². The first-order chi connectivity index (χ1) is 8.66. The molecule has 0 aliphatic heterocycles. The summed E-state index contributed by atoms with van der Waals surface area (Å²) in [4.78, 5) is 18.9. The molecular weight excluding hydrogens is 226 g/mol. The fourth-order valence-electron chi connectivity index (χ4n) is 2.57. The Morgan fingerprint density at radius 1 is 1.39 bits per heavy atom. The summed E-state index contributed by atoms with van der Waals surface area (Å²) in [6, 6.07) is 8.29. The van der Waals surface area contributed by atoms with Gasteiger partial charge in [-0.1, -0.05) is 24.3 Å².